The van der Waals surface area contributed by atoms with Crippen LogP contribution in [0.5, 0.6) is 0 Å². The lowest BCUT2D eigenvalue weighted by Gasteiger charge is -2.14. The molecule has 31 heavy (non-hydrogen) atoms. The summed E-state index contributed by atoms with van der Waals surface area (Å²) >= 11 is 3.28. The van der Waals surface area contributed by atoms with Gasteiger partial charge in [-0.05, 0) is 43.4 Å². The molecule has 162 valence electrons. The van der Waals surface area contributed by atoms with E-state index >= 15 is 0 Å². The van der Waals surface area contributed by atoms with Gasteiger partial charge in [0.1, 0.15) is 10.3 Å². The molecule has 6 nitrogen and oxygen atoms in total. The fourth-order valence-corrected chi connectivity index (χ4v) is 6.06. The van der Waals surface area contributed by atoms with E-state index in [0.29, 0.717) is 23.4 Å². The van der Waals surface area contributed by atoms with Gasteiger partial charge in [-0.15, -0.1) is 17.9 Å². The number of nitrogens with one attached hydrogen (secondary N) is 1. The highest BCUT2D eigenvalue weighted by atomic mass is 32.2. The summed E-state index contributed by atoms with van der Waals surface area (Å²) in [5.41, 5.74) is 3.24. The number of imidazole rings is 1. The van der Waals surface area contributed by atoms with Crippen molar-refractivity contribution in [3.8, 4) is 0 Å². The first-order chi connectivity index (χ1) is 15.1. The van der Waals surface area contributed by atoms with Gasteiger partial charge in [0.25, 0.3) is 5.91 Å². The number of aliphatic hydroxyl groups is 1. The number of aromatic nitrogens is 2. The van der Waals surface area contributed by atoms with Crippen LogP contribution in [0.1, 0.15) is 39.2 Å². The minimum Gasteiger partial charge on any atom is -0.395 e. The van der Waals surface area contributed by atoms with Crippen LogP contribution < -0.4 is 10.7 Å². The molecule has 0 bridgehead atoms. The number of allylic oxidation sites excluding steroid dienone is 1. The monoisotopic (exact) mass is 455 g/mol. The van der Waals surface area contributed by atoms with Crippen LogP contribution in [0.3, 0.4) is 0 Å². The predicted octanol–water partition coefficient (Wildman–Crippen LogP) is 3.54. The topological polar surface area (TPSA) is 84.2 Å². The fourth-order valence-electron chi connectivity index (χ4n) is 3.73. The molecule has 4 rings (SSSR count). The van der Waals surface area contributed by atoms with Crippen LogP contribution >= 0.6 is 23.1 Å². The average Bonchev–Trinajstić information content (AvgIpc) is 3.14. The van der Waals surface area contributed by atoms with E-state index in [9.17, 15) is 9.59 Å². The smallest absolute Gasteiger partial charge is 0.251 e. The van der Waals surface area contributed by atoms with Gasteiger partial charge in [0.2, 0.25) is 5.43 Å². The third-order valence-electron chi connectivity index (χ3n) is 5.31. The number of amides is 1. The molecule has 1 aromatic carbocycles. The summed E-state index contributed by atoms with van der Waals surface area (Å²) in [6, 6.07) is 7.39. The molecule has 3 aromatic rings. The third kappa shape index (κ3) is 4.61. The van der Waals surface area contributed by atoms with E-state index in [2.05, 4.69) is 16.5 Å². The number of carbonyl (C=O) groups excluding carboxylic acids is 1. The van der Waals surface area contributed by atoms with Crippen LogP contribution in [0, 0.1) is 0 Å². The maximum atomic E-state index is 13.0. The summed E-state index contributed by atoms with van der Waals surface area (Å²) in [5.74, 6) is 0.479. The first-order valence-corrected chi connectivity index (χ1v) is 12.2. The zero-order chi connectivity index (χ0) is 21.8. The van der Waals surface area contributed by atoms with Crippen molar-refractivity contribution >= 4 is 39.4 Å². The number of thioether (sulfide) groups is 1. The molecule has 8 heteroatoms. The van der Waals surface area contributed by atoms with E-state index in [1.807, 2.05) is 18.2 Å². The largest absolute Gasteiger partial charge is 0.395 e. The average molecular weight is 456 g/mol. The van der Waals surface area contributed by atoms with E-state index in [0.717, 1.165) is 46.8 Å². The van der Waals surface area contributed by atoms with E-state index < -0.39 is 0 Å². The standard InChI is InChI=1S/C23H25N3O3S2/c1-2-12-26-22-19(20(28)17-5-3-4-6-18(17)31-22)25-23(26)30-14-15-7-9-16(10-8-15)21(29)24-11-13-27/h2,7-10,27H,1,3-6,11-14H2,(H,24,29). The van der Waals surface area contributed by atoms with Crippen molar-refractivity contribution in [2.45, 2.75) is 43.1 Å². The van der Waals surface area contributed by atoms with E-state index in [4.69, 9.17) is 10.1 Å². The van der Waals surface area contributed by atoms with Gasteiger partial charge in [0.05, 0.1) is 6.61 Å². The second kappa shape index (κ2) is 9.80. The molecule has 1 amide bonds. The van der Waals surface area contributed by atoms with Crippen LogP contribution in [-0.2, 0) is 25.1 Å². The summed E-state index contributed by atoms with van der Waals surface area (Å²) in [6.45, 7) is 4.64. The van der Waals surface area contributed by atoms with Crippen LogP contribution in [-0.4, -0.2) is 33.7 Å². The molecule has 2 heterocycles. The minimum absolute atomic E-state index is 0.0823. The molecule has 0 saturated carbocycles. The van der Waals surface area contributed by atoms with Gasteiger partial charge in [-0.2, -0.15) is 0 Å². The molecule has 0 saturated heterocycles. The number of fused-ring (bicyclic) bond motifs is 2. The Kier molecular flexibility index (Phi) is 6.89. The molecular formula is C23H25N3O3S2. The quantitative estimate of drug-likeness (QED) is 0.401. The zero-order valence-corrected chi connectivity index (χ0v) is 18.9. The van der Waals surface area contributed by atoms with Crippen molar-refractivity contribution in [3.05, 3.63) is 68.7 Å². The molecule has 0 unspecified atom stereocenters. The van der Waals surface area contributed by atoms with Crippen molar-refractivity contribution in [1.82, 2.24) is 14.9 Å². The first-order valence-electron chi connectivity index (χ1n) is 10.4. The lowest BCUT2D eigenvalue weighted by atomic mass is 9.98. The summed E-state index contributed by atoms with van der Waals surface area (Å²) in [7, 11) is 0. The number of carbonyl (C=O) groups is 1. The lowest BCUT2D eigenvalue weighted by molar-refractivity contribution is 0.0945. The molecule has 1 aliphatic rings. The zero-order valence-electron chi connectivity index (χ0n) is 17.2. The van der Waals surface area contributed by atoms with Crippen molar-refractivity contribution in [1.29, 1.82) is 0 Å². The third-order valence-corrected chi connectivity index (χ3v) is 7.66. The normalized spacial score (nSPS) is 13.2. The summed E-state index contributed by atoms with van der Waals surface area (Å²) in [4.78, 5) is 31.9. The Hall–Kier alpha value is -2.42. The van der Waals surface area contributed by atoms with Crippen LogP contribution in [0.25, 0.3) is 10.3 Å². The second-order valence-corrected chi connectivity index (χ2v) is 9.48. The van der Waals surface area contributed by atoms with Crippen LogP contribution in [0.2, 0.25) is 0 Å². The Morgan fingerprint density at radius 2 is 2.06 bits per heavy atom. The maximum Gasteiger partial charge on any atom is 0.251 e. The minimum atomic E-state index is -0.200. The molecule has 2 aromatic heterocycles. The van der Waals surface area contributed by atoms with E-state index in [1.165, 1.54) is 4.88 Å². The van der Waals surface area contributed by atoms with Gasteiger partial charge in [0, 0.05) is 34.8 Å². The molecule has 0 spiro atoms. The first kappa shape index (κ1) is 21.8. The number of rotatable bonds is 8. The maximum absolute atomic E-state index is 13.0. The van der Waals surface area contributed by atoms with Crippen molar-refractivity contribution in [2.24, 2.45) is 0 Å². The van der Waals surface area contributed by atoms with Crippen molar-refractivity contribution in [3.63, 3.8) is 0 Å². The molecule has 0 aliphatic heterocycles. The molecule has 0 radical (unpaired) electrons. The summed E-state index contributed by atoms with van der Waals surface area (Å²) in [6.07, 6.45) is 5.88. The van der Waals surface area contributed by atoms with Gasteiger partial charge in [-0.3, -0.25) is 9.59 Å². The number of nitrogens with zero attached hydrogens (tertiary/aromatic N) is 2. The second-order valence-electron chi connectivity index (χ2n) is 7.45. The Balaban J connectivity index is 1.57. The van der Waals surface area contributed by atoms with Gasteiger partial charge >= 0.3 is 0 Å². The Morgan fingerprint density at radius 1 is 1.29 bits per heavy atom. The number of benzene rings is 1. The predicted molar refractivity (Wildman–Crippen MR) is 126 cm³/mol. The van der Waals surface area contributed by atoms with Crippen LogP contribution in [0.4, 0.5) is 0 Å². The van der Waals surface area contributed by atoms with Gasteiger partial charge in [0.15, 0.2) is 5.16 Å². The fraction of sp³-hybridized carbons (Fsp3) is 0.348. The summed E-state index contributed by atoms with van der Waals surface area (Å²) in [5, 5.41) is 12.3. The van der Waals surface area contributed by atoms with E-state index in [-0.39, 0.29) is 24.5 Å². The number of hydrogen-bond acceptors (Lipinski definition) is 6. The van der Waals surface area contributed by atoms with Crippen molar-refractivity contribution < 1.29 is 9.90 Å². The highest BCUT2D eigenvalue weighted by Crippen LogP contribution is 2.32. The highest BCUT2D eigenvalue weighted by molar-refractivity contribution is 7.98. The number of aliphatic hydroxyl groups excluding tert-OH is 1. The summed E-state index contributed by atoms with van der Waals surface area (Å²) < 4.78 is 2.09. The Morgan fingerprint density at radius 3 is 2.81 bits per heavy atom. The molecule has 0 atom stereocenters. The Labute approximate surface area is 189 Å². The SMILES string of the molecule is C=CCn1c(SCc2ccc(C(=O)NCCO)cc2)nc2c(=O)c3c(sc21)CCCC3. The lowest BCUT2D eigenvalue weighted by Crippen LogP contribution is -2.26. The van der Waals surface area contributed by atoms with E-state index in [1.54, 1.807) is 35.2 Å². The van der Waals surface area contributed by atoms with Gasteiger partial charge < -0.3 is 15.0 Å². The Bertz CT molecular complexity index is 1170. The molecular weight excluding hydrogens is 430 g/mol. The molecule has 1 aliphatic carbocycles. The highest BCUT2D eigenvalue weighted by Gasteiger charge is 2.21. The number of hydrogen-bond donors (Lipinski definition) is 2. The van der Waals surface area contributed by atoms with Crippen molar-refractivity contribution in [2.75, 3.05) is 13.2 Å². The van der Waals surface area contributed by atoms with Gasteiger partial charge in [-0.1, -0.05) is 30.0 Å². The number of aryl methyl sites for hydroxylation is 1. The molecule has 2 N–H and O–H groups in total. The molecule has 0 fully saturated rings. The van der Waals surface area contributed by atoms with Crippen LogP contribution in [0.15, 0.2) is 46.9 Å². The van der Waals surface area contributed by atoms with Gasteiger partial charge in [-0.25, -0.2) is 4.98 Å².